The molecule has 6 heteroatoms. The van der Waals surface area contributed by atoms with E-state index in [2.05, 4.69) is 5.32 Å². The van der Waals surface area contributed by atoms with Crippen molar-refractivity contribution in [3.05, 3.63) is 58.9 Å². The molecule has 2 aromatic heterocycles. The average Bonchev–Trinajstić information content (AvgIpc) is 3.19. The molecule has 2 heterocycles. The van der Waals surface area contributed by atoms with E-state index in [4.69, 9.17) is 4.42 Å². The molecule has 0 bridgehead atoms. The maximum absolute atomic E-state index is 12.5. The summed E-state index contributed by atoms with van der Waals surface area (Å²) in [7, 11) is 0. The summed E-state index contributed by atoms with van der Waals surface area (Å²) in [6.45, 7) is 3.46. The first-order valence-corrected chi connectivity index (χ1v) is 8.18. The first kappa shape index (κ1) is 16.1. The van der Waals surface area contributed by atoms with Crippen LogP contribution in [0.5, 0.6) is 0 Å². The van der Waals surface area contributed by atoms with Gasteiger partial charge in [0, 0.05) is 32.5 Å². The maximum Gasteiger partial charge on any atom is 0.329 e. The number of para-hydroxylation sites is 2. The standard InChI is InChI=1S/C18H21N3O3/c1-2-20-15-7-3-4-8-16(15)21(18(20)23)12-10-17(22)19-11-9-14-6-5-13-24-14/h3-8,13H,2,9-12H2,1H3,(H,19,22). The number of furan rings is 1. The number of carbonyl (C=O) groups excluding carboxylic acids is 1. The number of fused-ring (bicyclic) bond motifs is 1. The molecule has 0 fully saturated rings. The third kappa shape index (κ3) is 3.27. The van der Waals surface area contributed by atoms with Crippen molar-refractivity contribution in [2.45, 2.75) is 32.9 Å². The Balaban J connectivity index is 1.62. The molecule has 0 radical (unpaired) electrons. The zero-order chi connectivity index (χ0) is 16.9. The quantitative estimate of drug-likeness (QED) is 0.723. The Morgan fingerprint density at radius 3 is 2.54 bits per heavy atom. The minimum atomic E-state index is -0.0678. The number of aryl methyl sites for hydroxylation is 2. The van der Waals surface area contributed by atoms with Gasteiger partial charge in [0.2, 0.25) is 5.91 Å². The van der Waals surface area contributed by atoms with E-state index in [0.29, 0.717) is 26.1 Å². The molecule has 3 aromatic rings. The second-order valence-electron chi connectivity index (χ2n) is 5.60. The smallest absolute Gasteiger partial charge is 0.329 e. The lowest BCUT2D eigenvalue weighted by Gasteiger charge is -2.05. The molecule has 0 saturated heterocycles. The molecule has 3 rings (SSSR count). The van der Waals surface area contributed by atoms with Crippen LogP contribution in [0, 0.1) is 0 Å². The van der Waals surface area contributed by atoms with Crippen molar-refractivity contribution in [1.82, 2.24) is 14.5 Å². The van der Waals surface area contributed by atoms with Gasteiger partial charge in [0.1, 0.15) is 5.76 Å². The van der Waals surface area contributed by atoms with E-state index in [0.717, 1.165) is 16.8 Å². The van der Waals surface area contributed by atoms with Crippen LogP contribution in [0.1, 0.15) is 19.1 Å². The largest absolute Gasteiger partial charge is 0.469 e. The molecule has 0 aliphatic rings. The van der Waals surface area contributed by atoms with Gasteiger partial charge in [-0.3, -0.25) is 13.9 Å². The van der Waals surface area contributed by atoms with Crippen molar-refractivity contribution in [3.8, 4) is 0 Å². The van der Waals surface area contributed by atoms with E-state index in [1.807, 2.05) is 43.3 Å². The minimum Gasteiger partial charge on any atom is -0.469 e. The molecule has 1 aromatic carbocycles. The Kier molecular flexibility index (Phi) is 4.84. The summed E-state index contributed by atoms with van der Waals surface area (Å²) >= 11 is 0. The van der Waals surface area contributed by atoms with E-state index < -0.39 is 0 Å². The van der Waals surface area contributed by atoms with Gasteiger partial charge in [-0.25, -0.2) is 4.79 Å². The Hall–Kier alpha value is -2.76. The highest BCUT2D eigenvalue weighted by molar-refractivity contribution is 5.78. The molecule has 126 valence electrons. The fourth-order valence-corrected chi connectivity index (χ4v) is 2.88. The van der Waals surface area contributed by atoms with Crippen molar-refractivity contribution < 1.29 is 9.21 Å². The summed E-state index contributed by atoms with van der Waals surface area (Å²) in [5.74, 6) is 0.777. The SMILES string of the molecule is CCn1c(=O)n(CCC(=O)NCCc2ccco2)c2ccccc21. The maximum atomic E-state index is 12.5. The van der Waals surface area contributed by atoms with E-state index in [1.165, 1.54) is 0 Å². The van der Waals surface area contributed by atoms with Gasteiger partial charge in [-0.05, 0) is 31.2 Å². The van der Waals surface area contributed by atoms with Crippen LogP contribution >= 0.6 is 0 Å². The molecule has 0 spiro atoms. The van der Waals surface area contributed by atoms with Crippen LogP contribution in [0.15, 0.2) is 51.9 Å². The lowest BCUT2D eigenvalue weighted by atomic mass is 10.3. The normalized spacial score (nSPS) is 11.0. The van der Waals surface area contributed by atoms with Gasteiger partial charge in [0.25, 0.3) is 0 Å². The highest BCUT2D eigenvalue weighted by Gasteiger charge is 2.12. The number of carbonyl (C=O) groups is 1. The second-order valence-corrected chi connectivity index (χ2v) is 5.60. The monoisotopic (exact) mass is 327 g/mol. The van der Waals surface area contributed by atoms with Gasteiger partial charge in [-0.15, -0.1) is 0 Å². The second kappa shape index (κ2) is 7.21. The third-order valence-electron chi connectivity index (χ3n) is 4.08. The van der Waals surface area contributed by atoms with Gasteiger partial charge in [-0.1, -0.05) is 12.1 Å². The molecule has 0 unspecified atom stereocenters. The molecule has 0 aliphatic carbocycles. The number of hydrogen-bond acceptors (Lipinski definition) is 3. The fourth-order valence-electron chi connectivity index (χ4n) is 2.88. The molecule has 6 nitrogen and oxygen atoms in total. The number of rotatable bonds is 7. The van der Waals surface area contributed by atoms with Crippen LogP contribution in [0.3, 0.4) is 0 Å². The summed E-state index contributed by atoms with van der Waals surface area (Å²) < 4.78 is 8.62. The van der Waals surface area contributed by atoms with E-state index in [1.54, 1.807) is 15.4 Å². The van der Waals surface area contributed by atoms with Crippen LogP contribution in [0.25, 0.3) is 11.0 Å². The van der Waals surface area contributed by atoms with Crippen molar-refractivity contribution in [1.29, 1.82) is 0 Å². The fraction of sp³-hybridized carbons (Fsp3) is 0.333. The van der Waals surface area contributed by atoms with Crippen LogP contribution in [-0.2, 0) is 24.3 Å². The number of hydrogen-bond donors (Lipinski definition) is 1. The molecule has 0 atom stereocenters. The van der Waals surface area contributed by atoms with E-state index in [9.17, 15) is 9.59 Å². The number of amides is 1. The summed E-state index contributed by atoms with van der Waals surface area (Å²) in [6.07, 6.45) is 2.55. The number of nitrogens with one attached hydrogen (secondary N) is 1. The summed E-state index contributed by atoms with van der Waals surface area (Å²) in [4.78, 5) is 24.5. The Bertz CT molecular complexity index is 875. The first-order valence-electron chi connectivity index (χ1n) is 8.18. The van der Waals surface area contributed by atoms with Gasteiger partial charge in [0.15, 0.2) is 0 Å². The highest BCUT2D eigenvalue weighted by atomic mass is 16.3. The van der Waals surface area contributed by atoms with Gasteiger partial charge in [-0.2, -0.15) is 0 Å². The Morgan fingerprint density at radius 1 is 1.12 bits per heavy atom. The predicted molar refractivity (Wildman–Crippen MR) is 91.9 cm³/mol. The average molecular weight is 327 g/mol. The molecular weight excluding hydrogens is 306 g/mol. The summed E-state index contributed by atoms with van der Waals surface area (Å²) in [5.41, 5.74) is 1.71. The predicted octanol–water partition coefficient (Wildman–Crippen LogP) is 2.16. The highest BCUT2D eigenvalue weighted by Crippen LogP contribution is 2.13. The molecular formula is C18H21N3O3. The lowest BCUT2D eigenvalue weighted by molar-refractivity contribution is -0.121. The number of benzene rings is 1. The van der Waals surface area contributed by atoms with Gasteiger partial charge >= 0.3 is 5.69 Å². The number of aromatic nitrogens is 2. The summed E-state index contributed by atoms with van der Waals surface area (Å²) in [5, 5.41) is 2.86. The van der Waals surface area contributed by atoms with Crippen LogP contribution < -0.4 is 11.0 Å². The van der Waals surface area contributed by atoms with E-state index >= 15 is 0 Å². The topological polar surface area (TPSA) is 69.2 Å². The summed E-state index contributed by atoms with van der Waals surface area (Å²) in [6, 6.07) is 11.4. The Labute approximate surface area is 139 Å². The van der Waals surface area contributed by atoms with E-state index in [-0.39, 0.29) is 18.0 Å². The van der Waals surface area contributed by atoms with Crippen molar-refractivity contribution >= 4 is 16.9 Å². The van der Waals surface area contributed by atoms with Gasteiger partial charge in [0.05, 0.1) is 17.3 Å². The lowest BCUT2D eigenvalue weighted by Crippen LogP contribution is -2.29. The molecule has 1 N–H and O–H groups in total. The molecule has 1 amide bonds. The molecule has 0 aliphatic heterocycles. The van der Waals surface area contributed by atoms with Crippen molar-refractivity contribution in [2.75, 3.05) is 6.54 Å². The Morgan fingerprint density at radius 2 is 1.88 bits per heavy atom. The van der Waals surface area contributed by atoms with Crippen LogP contribution in [-0.4, -0.2) is 21.6 Å². The number of imidazole rings is 1. The van der Waals surface area contributed by atoms with Crippen molar-refractivity contribution in [3.63, 3.8) is 0 Å². The van der Waals surface area contributed by atoms with Crippen molar-refractivity contribution in [2.24, 2.45) is 0 Å². The first-order chi connectivity index (χ1) is 11.7. The third-order valence-corrected chi connectivity index (χ3v) is 4.08. The minimum absolute atomic E-state index is 0.0675. The zero-order valence-corrected chi connectivity index (χ0v) is 13.7. The van der Waals surface area contributed by atoms with Gasteiger partial charge < -0.3 is 9.73 Å². The number of nitrogens with zero attached hydrogens (tertiary/aromatic N) is 2. The molecule has 0 saturated carbocycles. The van der Waals surface area contributed by atoms with Crippen LogP contribution in [0.2, 0.25) is 0 Å². The molecule has 24 heavy (non-hydrogen) atoms. The van der Waals surface area contributed by atoms with Crippen LogP contribution in [0.4, 0.5) is 0 Å². The zero-order valence-electron chi connectivity index (χ0n) is 13.7.